The molecule has 3 heterocycles. The number of carboxylic acid groups (broad SMARTS) is 1. The highest BCUT2D eigenvalue weighted by atomic mass is 16.5. The second-order valence-corrected chi connectivity index (χ2v) is 4.79. The molecule has 0 unspecified atom stereocenters. The van der Waals surface area contributed by atoms with E-state index in [4.69, 9.17) is 4.74 Å². The first-order chi connectivity index (χ1) is 8.77. The molecule has 1 saturated heterocycles. The molecule has 18 heavy (non-hydrogen) atoms. The van der Waals surface area contributed by atoms with Gasteiger partial charge in [-0.2, -0.15) is 0 Å². The second kappa shape index (κ2) is 4.70. The van der Waals surface area contributed by atoms with Crippen molar-refractivity contribution in [1.29, 1.82) is 0 Å². The van der Waals surface area contributed by atoms with Crippen molar-refractivity contribution in [2.24, 2.45) is 0 Å². The summed E-state index contributed by atoms with van der Waals surface area (Å²) in [6, 6.07) is 0. The van der Waals surface area contributed by atoms with E-state index in [1.165, 1.54) is 0 Å². The fraction of sp³-hybridized carbons (Fsp3) is 0.667. The van der Waals surface area contributed by atoms with Gasteiger partial charge in [-0.3, -0.25) is 0 Å². The van der Waals surface area contributed by atoms with Crippen molar-refractivity contribution in [3.8, 4) is 0 Å². The molecule has 0 spiro atoms. The van der Waals surface area contributed by atoms with Crippen molar-refractivity contribution in [3.63, 3.8) is 0 Å². The lowest BCUT2D eigenvalue weighted by molar-refractivity contribution is 0.0688. The number of rotatable bonds is 2. The number of aromatic carboxylic acids is 1. The fourth-order valence-electron chi connectivity index (χ4n) is 2.77. The Labute approximate surface area is 105 Å². The standard InChI is InChI=1S/C12H17N3O3/c16-12(17)10-9-7-13-3-4-15(9)11(14-10)8-1-5-18-6-2-8/h8,13H,1-7H2,(H,16,17). The molecule has 0 radical (unpaired) electrons. The maximum Gasteiger partial charge on any atom is 0.356 e. The average molecular weight is 251 g/mol. The molecule has 1 fully saturated rings. The molecule has 0 bridgehead atoms. The topological polar surface area (TPSA) is 76.4 Å². The number of carboxylic acids is 1. The summed E-state index contributed by atoms with van der Waals surface area (Å²) in [5.41, 5.74) is 1.03. The maximum atomic E-state index is 11.2. The van der Waals surface area contributed by atoms with Crippen LogP contribution in [0.25, 0.3) is 0 Å². The van der Waals surface area contributed by atoms with Crippen LogP contribution in [0.5, 0.6) is 0 Å². The van der Waals surface area contributed by atoms with Crippen LogP contribution in [0, 0.1) is 0 Å². The molecule has 1 aromatic rings. The number of fused-ring (bicyclic) bond motifs is 1. The van der Waals surface area contributed by atoms with Crippen molar-refractivity contribution < 1.29 is 14.6 Å². The molecule has 98 valence electrons. The highest BCUT2D eigenvalue weighted by Crippen LogP contribution is 2.29. The molecule has 3 rings (SSSR count). The van der Waals surface area contributed by atoms with Gasteiger partial charge < -0.3 is 19.7 Å². The van der Waals surface area contributed by atoms with Crippen LogP contribution >= 0.6 is 0 Å². The molecule has 0 atom stereocenters. The smallest absolute Gasteiger partial charge is 0.356 e. The number of imidazole rings is 1. The molecule has 0 saturated carbocycles. The van der Waals surface area contributed by atoms with E-state index in [0.717, 1.165) is 50.7 Å². The number of carbonyl (C=O) groups is 1. The summed E-state index contributed by atoms with van der Waals surface area (Å²) in [7, 11) is 0. The zero-order chi connectivity index (χ0) is 12.5. The van der Waals surface area contributed by atoms with E-state index < -0.39 is 5.97 Å². The number of aromatic nitrogens is 2. The van der Waals surface area contributed by atoms with Crippen LogP contribution in [0.1, 0.15) is 40.8 Å². The molecule has 0 aromatic carbocycles. The van der Waals surface area contributed by atoms with E-state index in [1.54, 1.807) is 0 Å². The van der Waals surface area contributed by atoms with E-state index in [9.17, 15) is 9.90 Å². The average Bonchev–Trinajstić information content (AvgIpc) is 2.79. The SMILES string of the molecule is O=C(O)c1nc(C2CCOCC2)n2c1CNCC2. The minimum Gasteiger partial charge on any atom is -0.476 e. The highest BCUT2D eigenvalue weighted by Gasteiger charge is 2.28. The second-order valence-electron chi connectivity index (χ2n) is 4.79. The lowest BCUT2D eigenvalue weighted by Crippen LogP contribution is -2.30. The maximum absolute atomic E-state index is 11.2. The van der Waals surface area contributed by atoms with Crippen molar-refractivity contribution in [2.75, 3.05) is 19.8 Å². The quantitative estimate of drug-likeness (QED) is 0.804. The van der Waals surface area contributed by atoms with Gasteiger partial charge in [0.25, 0.3) is 0 Å². The van der Waals surface area contributed by atoms with Crippen LogP contribution in [0.3, 0.4) is 0 Å². The summed E-state index contributed by atoms with van der Waals surface area (Å²) in [5, 5.41) is 12.4. The monoisotopic (exact) mass is 251 g/mol. The van der Waals surface area contributed by atoms with Crippen LogP contribution in [-0.4, -0.2) is 40.4 Å². The van der Waals surface area contributed by atoms with Gasteiger partial charge in [0, 0.05) is 38.8 Å². The van der Waals surface area contributed by atoms with Crippen molar-refractivity contribution in [1.82, 2.24) is 14.9 Å². The van der Waals surface area contributed by atoms with E-state index in [1.807, 2.05) is 0 Å². The Morgan fingerprint density at radius 3 is 2.94 bits per heavy atom. The van der Waals surface area contributed by atoms with Gasteiger partial charge in [0.2, 0.25) is 0 Å². The summed E-state index contributed by atoms with van der Waals surface area (Å²) >= 11 is 0. The zero-order valence-corrected chi connectivity index (χ0v) is 10.2. The summed E-state index contributed by atoms with van der Waals surface area (Å²) in [4.78, 5) is 15.6. The van der Waals surface area contributed by atoms with Gasteiger partial charge in [0.05, 0.1) is 5.69 Å². The summed E-state index contributed by atoms with van der Waals surface area (Å²) < 4.78 is 7.45. The normalized spacial score (nSPS) is 20.7. The molecule has 2 aliphatic rings. The van der Waals surface area contributed by atoms with Gasteiger partial charge in [0.1, 0.15) is 5.82 Å². The zero-order valence-electron chi connectivity index (χ0n) is 10.2. The molecule has 2 aliphatic heterocycles. The van der Waals surface area contributed by atoms with Gasteiger partial charge in [-0.25, -0.2) is 9.78 Å². The number of nitrogens with one attached hydrogen (secondary N) is 1. The fourth-order valence-corrected chi connectivity index (χ4v) is 2.77. The highest BCUT2D eigenvalue weighted by molar-refractivity contribution is 5.87. The lowest BCUT2D eigenvalue weighted by Gasteiger charge is -2.25. The minimum atomic E-state index is -0.930. The molecule has 6 nitrogen and oxygen atoms in total. The van der Waals surface area contributed by atoms with Crippen LogP contribution in [0.4, 0.5) is 0 Å². The Kier molecular flexibility index (Phi) is 3.05. The third-order valence-corrected chi connectivity index (χ3v) is 3.70. The lowest BCUT2D eigenvalue weighted by atomic mass is 9.99. The van der Waals surface area contributed by atoms with Crippen LogP contribution < -0.4 is 5.32 Å². The van der Waals surface area contributed by atoms with Gasteiger partial charge in [-0.1, -0.05) is 0 Å². The first kappa shape index (κ1) is 11.7. The predicted octanol–water partition coefficient (Wildman–Crippen LogP) is 0.578. The molecular formula is C12H17N3O3. The van der Waals surface area contributed by atoms with E-state index >= 15 is 0 Å². The molecule has 0 aliphatic carbocycles. The van der Waals surface area contributed by atoms with Crippen molar-refractivity contribution in [3.05, 3.63) is 17.2 Å². The van der Waals surface area contributed by atoms with Gasteiger partial charge in [-0.15, -0.1) is 0 Å². The number of nitrogens with zero attached hydrogens (tertiary/aromatic N) is 2. The molecule has 2 N–H and O–H groups in total. The first-order valence-corrected chi connectivity index (χ1v) is 6.38. The number of hydrogen-bond donors (Lipinski definition) is 2. The molecule has 1 aromatic heterocycles. The van der Waals surface area contributed by atoms with E-state index in [2.05, 4.69) is 14.9 Å². The Morgan fingerprint density at radius 1 is 1.44 bits per heavy atom. The summed E-state index contributed by atoms with van der Waals surface area (Å²) in [6.45, 7) is 3.76. The van der Waals surface area contributed by atoms with Crippen molar-refractivity contribution in [2.45, 2.75) is 31.8 Å². The van der Waals surface area contributed by atoms with Gasteiger partial charge >= 0.3 is 5.97 Å². The van der Waals surface area contributed by atoms with Crippen LogP contribution in [0.2, 0.25) is 0 Å². The van der Waals surface area contributed by atoms with Gasteiger partial charge in [-0.05, 0) is 12.8 Å². The Morgan fingerprint density at radius 2 is 2.22 bits per heavy atom. The van der Waals surface area contributed by atoms with Gasteiger partial charge in [0.15, 0.2) is 5.69 Å². The van der Waals surface area contributed by atoms with E-state index in [-0.39, 0.29) is 5.69 Å². The Balaban J connectivity index is 2.00. The number of ether oxygens (including phenoxy) is 1. The van der Waals surface area contributed by atoms with Crippen LogP contribution in [-0.2, 0) is 17.8 Å². The third kappa shape index (κ3) is 1.91. The third-order valence-electron chi connectivity index (χ3n) is 3.70. The first-order valence-electron chi connectivity index (χ1n) is 6.38. The summed E-state index contributed by atoms with van der Waals surface area (Å²) in [5.74, 6) is 0.344. The molecular weight excluding hydrogens is 234 g/mol. The Hall–Kier alpha value is -1.40. The largest absolute Gasteiger partial charge is 0.476 e. The minimum absolute atomic E-state index is 0.212. The van der Waals surface area contributed by atoms with E-state index in [0.29, 0.717) is 12.5 Å². The van der Waals surface area contributed by atoms with Crippen LogP contribution in [0.15, 0.2) is 0 Å². The van der Waals surface area contributed by atoms with Crippen molar-refractivity contribution >= 4 is 5.97 Å². The molecule has 0 amide bonds. The number of hydrogen-bond acceptors (Lipinski definition) is 4. The Bertz CT molecular complexity index is 463. The molecule has 6 heteroatoms. The predicted molar refractivity (Wildman–Crippen MR) is 63.7 cm³/mol. The summed E-state index contributed by atoms with van der Waals surface area (Å²) in [6.07, 6.45) is 1.87.